The first-order valence-electron chi connectivity index (χ1n) is 8.26. The van der Waals surface area contributed by atoms with Crippen molar-refractivity contribution in [1.82, 2.24) is 4.98 Å². The highest BCUT2D eigenvalue weighted by molar-refractivity contribution is 5.77. The van der Waals surface area contributed by atoms with Gasteiger partial charge in [0.05, 0.1) is 0 Å². The Labute approximate surface area is 127 Å². The van der Waals surface area contributed by atoms with Crippen LogP contribution in [0.2, 0.25) is 0 Å². The van der Waals surface area contributed by atoms with Crippen LogP contribution >= 0.6 is 0 Å². The average Bonchev–Trinajstić information content (AvgIpc) is 2.88. The summed E-state index contributed by atoms with van der Waals surface area (Å²) in [7, 11) is 0. The molecule has 0 aliphatic heterocycles. The van der Waals surface area contributed by atoms with Crippen LogP contribution in [0.3, 0.4) is 0 Å². The van der Waals surface area contributed by atoms with Crippen molar-refractivity contribution in [3.8, 4) is 0 Å². The topological polar surface area (TPSA) is 38.1 Å². The van der Waals surface area contributed by atoms with Gasteiger partial charge in [0.1, 0.15) is 5.52 Å². The van der Waals surface area contributed by atoms with Crippen molar-refractivity contribution >= 4 is 16.8 Å². The monoisotopic (exact) mass is 286 g/mol. The Balaban J connectivity index is 1.66. The Morgan fingerprint density at radius 1 is 1.33 bits per heavy atom. The number of nitrogens with zero attached hydrogens (tertiary/aromatic N) is 1. The first-order chi connectivity index (χ1) is 10.1. The predicted molar refractivity (Wildman–Crippen MR) is 87.7 cm³/mol. The number of nitrogens with one attached hydrogen (secondary N) is 1. The first-order valence-corrected chi connectivity index (χ1v) is 8.26. The highest BCUT2D eigenvalue weighted by Crippen LogP contribution is 2.29. The fourth-order valence-electron chi connectivity index (χ4n) is 3.31. The third-order valence-electron chi connectivity index (χ3n) is 4.54. The highest BCUT2D eigenvalue weighted by atomic mass is 16.3. The van der Waals surface area contributed by atoms with Crippen molar-refractivity contribution in [2.24, 2.45) is 11.8 Å². The Hall–Kier alpha value is -1.51. The van der Waals surface area contributed by atoms with Gasteiger partial charge in [-0.3, -0.25) is 0 Å². The van der Waals surface area contributed by atoms with Crippen molar-refractivity contribution in [2.75, 3.05) is 11.9 Å². The number of benzene rings is 1. The summed E-state index contributed by atoms with van der Waals surface area (Å²) in [5.74, 6) is 2.85. The molecule has 1 N–H and O–H groups in total. The van der Waals surface area contributed by atoms with E-state index in [4.69, 9.17) is 4.42 Å². The van der Waals surface area contributed by atoms with E-state index in [0.717, 1.165) is 41.1 Å². The average molecular weight is 286 g/mol. The first kappa shape index (κ1) is 14.4. The van der Waals surface area contributed by atoms with E-state index in [2.05, 4.69) is 43.2 Å². The molecule has 0 spiro atoms. The van der Waals surface area contributed by atoms with Crippen molar-refractivity contribution < 1.29 is 4.42 Å². The maximum atomic E-state index is 5.75. The molecule has 0 radical (unpaired) electrons. The van der Waals surface area contributed by atoms with E-state index < -0.39 is 0 Å². The normalized spacial score (nSPS) is 22.9. The molecule has 2 atom stereocenters. The molecule has 1 aromatic carbocycles. The molecule has 0 saturated heterocycles. The van der Waals surface area contributed by atoms with Crippen LogP contribution in [0.1, 0.15) is 58.3 Å². The maximum absolute atomic E-state index is 5.75. The molecule has 1 heterocycles. The minimum Gasteiger partial charge on any atom is -0.440 e. The molecule has 1 aromatic heterocycles. The second kappa shape index (κ2) is 6.08. The Bertz CT molecular complexity index is 602. The summed E-state index contributed by atoms with van der Waals surface area (Å²) < 4.78 is 5.75. The molecule has 21 heavy (non-hydrogen) atoms. The fourth-order valence-corrected chi connectivity index (χ4v) is 3.31. The number of rotatable bonds is 4. The smallest absolute Gasteiger partial charge is 0.198 e. The van der Waals surface area contributed by atoms with Gasteiger partial charge in [0.25, 0.3) is 0 Å². The summed E-state index contributed by atoms with van der Waals surface area (Å²) >= 11 is 0. The minimum absolute atomic E-state index is 0.331. The SMILES string of the molecule is CC1CCCC(CNc2ccc3oc(C(C)C)nc3c2)C1. The molecule has 1 saturated carbocycles. The number of hydrogen-bond acceptors (Lipinski definition) is 3. The number of hydrogen-bond donors (Lipinski definition) is 1. The third-order valence-corrected chi connectivity index (χ3v) is 4.54. The summed E-state index contributed by atoms with van der Waals surface area (Å²) in [6, 6.07) is 6.24. The Morgan fingerprint density at radius 2 is 2.19 bits per heavy atom. The van der Waals surface area contributed by atoms with Crippen LogP contribution in [-0.4, -0.2) is 11.5 Å². The van der Waals surface area contributed by atoms with Crippen molar-refractivity contribution in [3.05, 3.63) is 24.1 Å². The lowest BCUT2D eigenvalue weighted by Crippen LogP contribution is -2.20. The molecular formula is C18H26N2O. The van der Waals surface area contributed by atoms with Gasteiger partial charge in [-0.05, 0) is 42.9 Å². The molecule has 3 nitrogen and oxygen atoms in total. The van der Waals surface area contributed by atoms with Gasteiger partial charge < -0.3 is 9.73 Å². The van der Waals surface area contributed by atoms with Gasteiger partial charge in [-0.1, -0.05) is 33.6 Å². The minimum atomic E-state index is 0.331. The van der Waals surface area contributed by atoms with Gasteiger partial charge in [-0.2, -0.15) is 0 Å². The quantitative estimate of drug-likeness (QED) is 0.840. The van der Waals surface area contributed by atoms with E-state index in [0.29, 0.717) is 5.92 Å². The maximum Gasteiger partial charge on any atom is 0.198 e. The van der Waals surface area contributed by atoms with Gasteiger partial charge >= 0.3 is 0 Å². The van der Waals surface area contributed by atoms with Gasteiger partial charge in [0, 0.05) is 18.2 Å². The molecule has 1 fully saturated rings. The molecule has 0 bridgehead atoms. The predicted octanol–water partition coefficient (Wildman–Crippen LogP) is 5.19. The van der Waals surface area contributed by atoms with Crippen LogP contribution in [0.25, 0.3) is 11.1 Å². The lowest BCUT2D eigenvalue weighted by Gasteiger charge is -2.27. The largest absolute Gasteiger partial charge is 0.440 e. The van der Waals surface area contributed by atoms with Crippen molar-refractivity contribution in [2.45, 2.75) is 52.4 Å². The zero-order chi connectivity index (χ0) is 14.8. The van der Waals surface area contributed by atoms with Gasteiger partial charge in [-0.15, -0.1) is 0 Å². The zero-order valence-corrected chi connectivity index (χ0v) is 13.4. The van der Waals surface area contributed by atoms with Crippen LogP contribution in [0.15, 0.2) is 22.6 Å². The second-order valence-corrected chi connectivity index (χ2v) is 6.91. The zero-order valence-electron chi connectivity index (χ0n) is 13.4. The molecule has 2 unspecified atom stereocenters. The van der Waals surface area contributed by atoms with E-state index >= 15 is 0 Å². The van der Waals surface area contributed by atoms with Crippen LogP contribution < -0.4 is 5.32 Å². The molecule has 2 aromatic rings. The highest BCUT2D eigenvalue weighted by Gasteiger charge is 2.18. The lowest BCUT2D eigenvalue weighted by atomic mass is 9.82. The van der Waals surface area contributed by atoms with Crippen LogP contribution in [-0.2, 0) is 0 Å². The van der Waals surface area contributed by atoms with E-state index in [1.165, 1.54) is 25.7 Å². The van der Waals surface area contributed by atoms with Gasteiger partial charge in [0.15, 0.2) is 11.5 Å². The van der Waals surface area contributed by atoms with E-state index in [1.54, 1.807) is 0 Å². The summed E-state index contributed by atoms with van der Waals surface area (Å²) in [4.78, 5) is 4.57. The molecule has 0 amide bonds. The third kappa shape index (κ3) is 3.39. The van der Waals surface area contributed by atoms with Gasteiger partial charge in [0.2, 0.25) is 0 Å². The molecule has 114 valence electrons. The lowest BCUT2D eigenvalue weighted by molar-refractivity contribution is 0.293. The van der Waals surface area contributed by atoms with Crippen LogP contribution in [0.5, 0.6) is 0 Å². The molecular weight excluding hydrogens is 260 g/mol. The number of anilines is 1. The Morgan fingerprint density at radius 3 is 2.95 bits per heavy atom. The summed E-state index contributed by atoms with van der Waals surface area (Å²) in [5.41, 5.74) is 3.00. The van der Waals surface area contributed by atoms with E-state index in [-0.39, 0.29) is 0 Å². The summed E-state index contributed by atoms with van der Waals surface area (Å²) in [6.07, 6.45) is 5.50. The van der Waals surface area contributed by atoms with Crippen molar-refractivity contribution in [1.29, 1.82) is 0 Å². The number of oxazole rings is 1. The van der Waals surface area contributed by atoms with E-state index in [9.17, 15) is 0 Å². The Kier molecular flexibility index (Phi) is 4.18. The van der Waals surface area contributed by atoms with Crippen LogP contribution in [0, 0.1) is 11.8 Å². The second-order valence-electron chi connectivity index (χ2n) is 6.91. The number of aromatic nitrogens is 1. The molecule has 1 aliphatic rings. The summed E-state index contributed by atoms with van der Waals surface area (Å²) in [5, 5.41) is 3.58. The fraction of sp³-hybridized carbons (Fsp3) is 0.611. The summed E-state index contributed by atoms with van der Waals surface area (Å²) in [6.45, 7) is 7.66. The van der Waals surface area contributed by atoms with Gasteiger partial charge in [-0.25, -0.2) is 4.98 Å². The molecule has 1 aliphatic carbocycles. The molecule has 3 rings (SSSR count). The number of fused-ring (bicyclic) bond motifs is 1. The molecule has 3 heteroatoms. The van der Waals surface area contributed by atoms with Crippen LogP contribution in [0.4, 0.5) is 5.69 Å². The van der Waals surface area contributed by atoms with Crippen molar-refractivity contribution in [3.63, 3.8) is 0 Å². The van der Waals surface area contributed by atoms with E-state index in [1.807, 2.05) is 6.07 Å². The standard InChI is InChI=1S/C18H26N2O/c1-12(2)18-20-16-10-15(7-8-17(16)21-18)19-11-14-6-4-5-13(3)9-14/h7-8,10,12-14,19H,4-6,9,11H2,1-3H3.